The second kappa shape index (κ2) is 8.13. The van der Waals surface area contributed by atoms with Crippen LogP contribution in [0.2, 0.25) is 0 Å². The first kappa shape index (κ1) is 14.3. The maximum Gasteiger partial charge on any atom is 0.0599 e. The van der Waals surface area contributed by atoms with Crippen molar-refractivity contribution in [2.24, 2.45) is 5.92 Å². The standard InChI is InChI=1S/C15H30N2O/c1-2-14-6-11-17(12-7-14)10-3-13-18-15-4-8-16-9-5-15/h14-16H,2-13H2,1H3. The van der Waals surface area contributed by atoms with Gasteiger partial charge in [-0.3, -0.25) is 0 Å². The number of rotatable bonds is 6. The number of nitrogens with zero attached hydrogens (tertiary/aromatic N) is 1. The number of likely N-dealkylation sites (tertiary alicyclic amines) is 1. The Morgan fingerprint density at radius 3 is 2.50 bits per heavy atom. The van der Waals surface area contributed by atoms with E-state index >= 15 is 0 Å². The van der Waals surface area contributed by atoms with Crippen LogP contribution in [0.4, 0.5) is 0 Å². The van der Waals surface area contributed by atoms with Gasteiger partial charge >= 0.3 is 0 Å². The van der Waals surface area contributed by atoms with Gasteiger partial charge in [0.15, 0.2) is 0 Å². The van der Waals surface area contributed by atoms with Gasteiger partial charge in [0.1, 0.15) is 0 Å². The van der Waals surface area contributed by atoms with E-state index in [0.717, 1.165) is 25.6 Å². The van der Waals surface area contributed by atoms with Gasteiger partial charge in [-0.15, -0.1) is 0 Å². The van der Waals surface area contributed by atoms with E-state index in [4.69, 9.17) is 4.74 Å². The minimum atomic E-state index is 0.525. The molecule has 2 heterocycles. The molecule has 0 aliphatic carbocycles. The van der Waals surface area contributed by atoms with Gasteiger partial charge in [-0.1, -0.05) is 13.3 Å². The van der Waals surface area contributed by atoms with Crippen molar-refractivity contribution in [3.05, 3.63) is 0 Å². The van der Waals surface area contributed by atoms with Crippen LogP contribution in [0.5, 0.6) is 0 Å². The third kappa shape index (κ3) is 4.87. The molecule has 0 atom stereocenters. The normalized spacial score (nSPS) is 24.5. The maximum atomic E-state index is 5.95. The van der Waals surface area contributed by atoms with Crippen LogP contribution in [0.3, 0.4) is 0 Å². The molecule has 0 unspecified atom stereocenters. The van der Waals surface area contributed by atoms with E-state index in [1.165, 1.54) is 58.2 Å². The molecular weight excluding hydrogens is 224 g/mol. The van der Waals surface area contributed by atoms with Gasteiger partial charge in [0.25, 0.3) is 0 Å². The largest absolute Gasteiger partial charge is 0.378 e. The van der Waals surface area contributed by atoms with Crippen LogP contribution in [0.25, 0.3) is 0 Å². The van der Waals surface area contributed by atoms with Crippen molar-refractivity contribution in [3.8, 4) is 0 Å². The van der Waals surface area contributed by atoms with Gasteiger partial charge < -0.3 is 15.0 Å². The Kier molecular flexibility index (Phi) is 6.46. The zero-order chi connectivity index (χ0) is 12.6. The highest BCUT2D eigenvalue weighted by Gasteiger charge is 2.17. The second-order valence-electron chi connectivity index (χ2n) is 5.87. The van der Waals surface area contributed by atoms with Gasteiger partial charge in [0, 0.05) is 13.2 Å². The van der Waals surface area contributed by atoms with E-state index in [-0.39, 0.29) is 0 Å². The van der Waals surface area contributed by atoms with Crippen molar-refractivity contribution in [1.82, 2.24) is 10.2 Å². The highest BCUT2D eigenvalue weighted by molar-refractivity contribution is 4.71. The van der Waals surface area contributed by atoms with E-state index in [1.54, 1.807) is 0 Å². The van der Waals surface area contributed by atoms with Crippen LogP contribution in [-0.4, -0.2) is 50.3 Å². The Labute approximate surface area is 112 Å². The summed E-state index contributed by atoms with van der Waals surface area (Å²) in [6.07, 6.45) is 8.31. The third-order valence-electron chi connectivity index (χ3n) is 4.54. The fourth-order valence-electron chi connectivity index (χ4n) is 3.12. The molecule has 3 heteroatoms. The lowest BCUT2D eigenvalue weighted by atomic mass is 9.94. The third-order valence-corrected chi connectivity index (χ3v) is 4.54. The zero-order valence-electron chi connectivity index (χ0n) is 12.0. The van der Waals surface area contributed by atoms with Crippen LogP contribution >= 0.6 is 0 Å². The van der Waals surface area contributed by atoms with Gasteiger partial charge in [0.2, 0.25) is 0 Å². The maximum absolute atomic E-state index is 5.95. The van der Waals surface area contributed by atoms with E-state index in [0.29, 0.717) is 6.10 Å². The lowest BCUT2D eigenvalue weighted by molar-refractivity contribution is 0.0263. The molecule has 0 radical (unpaired) electrons. The monoisotopic (exact) mass is 254 g/mol. The molecule has 2 fully saturated rings. The Morgan fingerprint density at radius 2 is 1.83 bits per heavy atom. The summed E-state index contributed by atoms with van der Waals surface area (Å²) >= 11 is 0. The molecule has 0 aromatic heterocycles. The summed E-state index contributed by atoms with van der Waals surface area (Å²) in [5, 5.41) is 3.38. The predicted molar refractivity (Wildman–Crippen MR) is 75.9 cm³/mol. The van der Waals surface area contributed by atoms with E-state index in [2.05, 4.69) is 17.1 Å². The van der Waals surface area contributed by atoms with Crippen LogP contribution in [-0.2, 0) is 4.74 Å². The lowest BCUT2D eigenvalue weighted by Gasteiger charge is -2.31. The molecule has 2 saturated heterocycles. The summed E-state index contributed by atoms with van der Waals surface area (Å²) in [7, 11) is 0. The van der Waals surface area contributed by atoms with Crippen LogP contribution in [0.15, 0.2) is 0 Å². The molecule has 0 bridgehead atoms. The Balaban J connectivity index is 1.48. The highest BCUT2D eigenvalue weighted by atomic mass is 16.5. The summed E-state index contributed by atoms with van der Waals surface area (Å²) in [6.45, 7) is 9.41. The first-order valence-corrected chi connectivity index (χ1v) is 7.93. The fourth-order valence-corrected chi connectivity index (χ4v) is 3.12. The first-order valence-electron chi connectivity index (χ1n) is 7.93. The molecule has 0 saturated carbocycles. The smallest absolute Gasteiger partial charge is 0.0599 e. The number of piperidine rings is 2. The van der Waals surface area contributed by atoms with E-state index < -0.39 is 0 Å². The van der Waals surface area contributed by atoms with Gasteiger partial charge in [-0.2, -0.15) is 0 Å². The van der Waals surface area contributed by atoms with Gasteiger partial charge in [-0.05, 0) is 64.2 Å². The van der Waals surface area contributed by atoms with Crippen molar-refractivity contribution in [2.75, 3.05) is 39.3 Å². The van der Waals surface area contributed by atoms with Crippen LogP contribution in [0, 0.1) is 5.92 Å². The Morgan fingerprint density at radius 1 is 1.11 bits per heavy atom. The van der Waals surface area contributed by atoms with Crippen molar-refractivity contribution in [3.63, 3.8) is 0 Å². The van der Waals surface area contributed by atoms with Crippen LogP contribution < -0.4 is 5.32 Å². The molecule has 0 aromatic rings. The molecule has 0 spiro atoms. The molecule has 2 rings (SSSR count). The van der Waals surface area contributed by atoms with Crippen LogP contribution in [0.1, 0.15) is 45.4 Å². The summed E-state index contributed by atoms with van der Waals surface area (Å²) < 4.78 is 5.95. The summed E-state index contributed by atoms with van der Waals surface area (Å²) in [4.78, 5) is 2.62. The summed E-state index contributed by atoms with van der Waals surface area (Å²) in [5.41, 5.74) is 0. The van der Waals surface area contributed by atoms with Crippen molar-refractivity contribution < 1.29 is 4.74 Å². The molecule has 106 valence electrons. The van der Waals surface area contributed by atoms with Gasteiger partial charge in [0.05, 0.1) is 6.10 Å². The molecule has 0 aromatic carbocycles. The Hall–Kier alpha value is -0.120. The number of hydrogen-bond donors (Lipinski definition) is 1. The second-order valence-corrected chi connectivity index (χ2v) is 5.87. The Bertz CT molecular complexity index is 209. The number of hydrogen-bond acceptors (Lipinski definition) is 3. The van der Waals surface area contributed by atoms with E-state index in [9.17, 15) is 0 Å². The van der Waals surface area contributed by atoms with Crippen molar-refractivity contribution >= 4 is 0 Å². The summed E-state index contributed by atoms with van der Waals surface area (Å²) in [6, 6.07) is 0. The molecular formula is C15H30N2O. The lowest BCUT2D eigenvalue weighted by Crippen LogP contribution is -2.35. The first-order chi connectivity index (χ1) is 8.88. The topological polar surface area (TPSA) is 24.5 Å². The van der Waals surface area contributed by atoms with Gasteiger partial charge in [-0.25, -0.2) is 0 Å². The molecule has 3 nitrogen and oxygen atoms in total. The summed E-state index contributed by atoms with van der Waals surface area (Å²) in [5.74, 6) is 0.993. The molecule has 1 N–H and O–H groups in total. The van der Waals surface area contributed by atoms with Crippen molar-refractivity contribution in [2.45, 2.75) is 51.6 Å². The molecule has 0 amide bonds. The molecule has 18 heavy (non-hydrogen) atoms. The predicted octanol–water partition coefficient (Wildman–Crippen LogP) is 2.27. The minimum Gasteiger partial charge on any atom is -0.378 e. The number of nitrogens with one attached hydrogen (secondary N) is 1. The van der Waals surface area contributed by atoms with E-state index in [1.807, 2.05) is 0 Å². The fraction of sp³-hybridized carbons (Fsp3) is 1.00. The quantitative estimate of drug-likeness (QED) is 0.736. The SMILES string of the molecule is CCC1CCN(CCCOC2CCNCC2)CC1. The molecule has 2 aliphatic rings. The minimum absolute atomic E-state index is 0.525. The van der Waals surface area contributed by atoms with Crippen molar-refractivity contribution in [1.29, 1.82) is 0 Å². The zero-order valence-corrected chi connectivity index (χ0v) is 12.0. The average molecular weight is 254 g/mol. The number of ether oxygens (including phenoxy) is 1. The molecule has 2 aliphatic heterocycles. The average Bonchev–Trinajstić information content (AvgIpc) is 2.45. The highest BCUT2D eigenvalue weighted by Crippen LogP contribution is 2.19.